The van der Waals surface area contributed by atoms with E-state index in [1.807, 2.05) is 66.7 Å². The summed E-state index contributed by atoms with van der Waals surface area (Å²) >= 11 is 0. The molecule has 3 aromatic rings. The molecule has 0 aliphatic carbocycles. The lowest BCUT2D eigenvalue weighted by Crippen LogP contribution is -2.45. The number of carbonyl (C=O) groups excluding carboxylic acids is 3. The minimum atomic E-state index is -1.02. The number of nitrogens with zero attached hydrogens (tertiary/aromatic N) is 1. The second-order valence-corrected chi connectivity index (χ2v) is 8.61. The lowest BCUT2D eigenvalue weighted by molar-refractivity contribution is -0.126. The highest BCUT2D eigenvalue weighted by Crippen LogP contribution is 2.25. The number of amides is 3. The number of para-hydroxylation sites is 2. The average Bonchev–Trinajstić information content (AvgIpc) is 2.82. The zero-order valence-corrected chi connectivity index (χ0v) is 19.5. The quantitative estimate of drug-likeness (QED) is 0.535. The van der Waals surface area contributed by atoms with Crippen LogP contribution in [0.2, 0.25) is 0 Å². The molecule has 7 heteroatoms. The fraction of sp³-hybridized carbons (Fsp3) is 0.222. The second kappa shape index (κ2) is 11.1. The molecule has 3 aromatic carbocycles. The van der Waals surface area contributed by atoms with Crippen LogP contribution < -0.4 is 15.5 Å². The van der Waals surface area contributed by atoms with Gasteiger partial charge in [-0.1, -0.05) is 66.7 Å². The number of ether oxygens (including phenoxy) is 1. The fourth-order valence-electron chi connectivity index (χ4n) is 3.31. The van der Waals surface area contributed by atoms with E-state index < -0.39 is 23.6 Å². The van der Waals surface area contributed by atoms with Crippen molar-refractivity contribution in [2.45, 2.75) is 32.4 Å². The smallest absolute Gasteiger partial charge is 0.408 e. The summed E-state index contributed by atoms with van der Waals surface area (Å²) < 4.78 is 5.31. The van der Waals surface area contributed by atoms with Gasteiger partial charge in [-0.2, -0.15) is 0 Å². The number of carbonyl (C=O) groups is 3. The molecule has 34 heavy (non-hydrogen) atoms. The lowest BCUT2D eigenvalue weighted by atomic mass is 10.1. The summed E-state index contributed by atoms with van der Waals surface area (Å²) in [6.07, 6.45) is -0.724. The number of benzene rings is 3. The first-order valence-electron chi connectivity index (χ1n) is 11.0. The van der Waals surface area contributed by atoms with Crippen LogP contribution in [0.5, 0.6) is 0 Å². The second-order valence-electron chi connectivity index (χ2n) is 8.61. The van der Waals surface area contributed by atoms with Crippen molar-refractivity contribution in [3.8, 4) is 0 Å². The maximum absolute atomic E-state index is 13.2. The third kappa shape index (κ3) is 6.93. The third-order valence-corrected chi connectivity index (χ3v) is 4.75. The molecule has 3 amide bonds. The van der Waals surface area contributed by atoms with E-state index in [0.29, 0.717) is 16.9 Å². The van der Waals surface area contributed by atoms with Crippen molar-refractivity contribution in [1.82, 2.24) is 10.6 Å². The van der Waals surface area contributed by atoms with E-state index >= 15 is 0 Å². The Morgan fingerprint density at radius 2 is 1.26 bits per heavy atom. The van der Waals surface area contributed by atoms with Crippen LogP contribution >= 0.6 is 0 Å². The first-order valence-corrected chi connectivity index (χ1v) is 11.0. The largest absolute Gasteiger partial charge is 0.444 e. The van der Waals surface area contributed by atoms with Gasteiger partial charge in [0.2, 0.25) is 5.91 Å². The summed E-state index contributed by atoms with van der Waals surface area (Å²) in [5, 5.41) is 5.28. The highest BCUT2D eigenvalue weighted by atomic mass is 16.6. The molecule has 0 aromatic heterocycles. The number of hydrogen-bond donors (Lipinski definition) is 2. The van der Waals surface area contributed by atoms with Crippen molar-refractivity contribution in [1.29, 1.82) is 0 Å². The van der Waals surface area contributed by atoms with Crippen LogP contribution in [-0.2, 0) is 14.3 Å². The zero-order valence-electron chi connectivity index (χ0n) is 19.5. The molecular formula is C27H29N3O4. The standard InChI is InChI=1S/C27H29N3O4/c1-27(2,3)34-26(33)29-24(20-13-7-4-8-14-20)25(32)28-19-23(31)30(21-15-9-5-10-16-21)22-17-11-6-12-18-22/h4-18,24H,19H2,1-3H3,(H,28,32)(H,29,33)/t24-/m1/s1. The lowest BCUT2D eigenvalue weighted by Gasteiger charge is -2.25. The molecule has 176 valence electrons. The number of anilines is 2. The van der Waals surface area contributed by atoms with Gasteiger partial charge in [0.25, 0.3) is 5.91 Å². The molecule has 0 saturated heterocycles. The van der Waals surface area contributed by atoms with Crippen LogP contribution in [0.15, 0.2) is 91.0 Å². The Balaban J connectivity index is 1.76. The third-order valence-electron chi connectivity index (χ3n) is 4.75. The molecule has 0 aliphatic rings. The van der Waals surface area contributed by atoms with E-state index in [4.69, 9.17) is 4.74 Å². The fourth-order valence-corrected chi connectivity index (χ4v) is 3.31. The van der Waals surface area contributed by atoms with Crippen LogP contribution in [0.4, 0.5) is 16.2 Å². The SMILES string of the molecule is CC(C)(C)OC(=O)N[C@@H](C(=O)NCC(=O)N(c1ccccc1)c1ccccc1)c1ccccc1. The van der Waals surface area contributed by atoms with E-state index in [1.54, 1.807) is 49.9 Å². The molecule has 0 saturated carbocycles. The summed E-state index contributed by atoms with van der Waals surface area (Å²) in [6.45, 7) is 4.96. The molecule has 0 bridgehead atoms. The number of nitrogens with one attached hydrogen (secondary N) is 2. The van der Waals surface area contributed by atoms with E-state index in [0.717, 1.165) is 0 Å². The van der Waals surface area contributed by atoms with Crippen molar-refractivity contribution in [2.24, 2.45) is 0 Å². The van der Waals surface area contributed by atoms with Crippen LogP contribution in [0.3, 0.4) is 0 Å². The van der Waals surface area contributed by atoms with Gasteiger partial charge in [-0.3, -0.25) is 14.5 Å². The van der Waals surface area contributed by atoms with Gasteiger partial charge in [0, 0.05) is 11.4 Å². The van der Waals surface area contributed by atoms with E-state index in [-0.39, 0.29) is 12.5 Å². The summed E-state index contributed by atoms with van der Waals surface area (Å²) in [7, 11) is 0. The van der Waals surface area contributed by atoms with Crippen molar-refractivity contribution in [3.05, 3.63) is 96.6 Å². The van der Waals surface area contributed by atoms with Gasteiger partial charge in [-0.05, 0) is 50.6 Å². The van der Waals surface area contributed by atoms with Crippen molar-refractivity contribution in [2.75, 3.05) is 11.4 Å². The molecule has 1 atom stereocenters. The molecule has 0 unspecified atom stereocenters. The molecule has 0 radical (unpaired) electrons. The molecule has 0 aliphatic heterocycles. The van der Waals surface area contributed by atoms with Gasteiger partial charge in [0.15, 0.2) is 0 Å². The predicted octanol–water partition coefficient (Wildman–Crippen LogP) is 4.73. The van der Waals surface area contributed by atoms with Gasteiger partial charge in [-0.15, -0.1) is 0 Å². The van der Waals surface area contributed by atoms with Crippen molar-refractivity contribution >= 4 is 29.3 Å². The number of alkyl carbamates (subject to hydrolysis) is 1. The van der Waals surface area contributed by atoms with Crippen LogP contribution in [0.1, 0.15) is 32.4 Å². The van der Waals surface area contributed by atoms with E-state index in [1.165, 1.54) is 0 Å². The summed E-state index contributed by atoms with van der Waals surface area (Å²) in [5.74, 6) is -0.846. The molecule has 3 rings (SSSR count). The Hall–Kier alpha value is -4.13. The molecule has 0 fully saturated rings. The Morgan fingerprint density at radius 1 is 0.794 bits per heavy atom. The minimum Gasteiger partial charge on any atom is -0.444 e. The predicted molar refractivity (Wildman–Crippen MR) is 132 cm³/mol. The molecule has 0 heterocycles. The van der Waals surface area contributed by atoms with Crippen LogP contribution in [0.25, 0.3) is 0 Å². The Labute approximate surface area is 199 Å². The van der Waals surface area contributed by atoms with Gasteiger partial charge in [0.05, 0.1) is 6.54 Å². The Bertz CT molecular complexity index is 1060. The highest BCUT2D eigenvalue weighted by Gasteiger charge is 2.27. The minimum absolute atomic E-state index is 0.262. The van der Waals surface area contributed by atoms with Crippen molar-refractivity contribution < 1.29 is 19.1 Å². The van der Waals surface area contributed by atoms with Crippen molar-refractivity contribution in [3.63, 3.8) is 0 Å². The normalized spacial score (nSPS) is 11.7. The maximum Gasteiger partial charge on any atom is 0.408 e. The van der Waals surface area contributed by atoms with E-state index in [2.05, 4.69) is 10.6 Å². The zero-order chi connectivity index (χ0) is 24.6. The number of rotatable bonds is 7. The first-order chi connectivity index (χ1) is 16.2. The average molecular weight is 460 g/mol. The Morgan fingerprint density at radius 3 is 1.74 bits per heavy atom. The van der Waals surface area contributed by atoms with Gasteiger partial charge < -0.3 is 15.4 Å². The summed E-state index contributed by atoms with van der Waals surface area (Å²) in [4.78, 5) is 40.2. The van der Waals surface area contributed by atoms with Gasteiger partial charge >= 0.3 is 6.09 Å². The van der Waals surface area contributed by atoms with Crippen LogP contribution in [-0.4, -0.2) is 30.1 Å². The van der Waals surface area contributed by atoms with Crippen LogP contribution in [0, 0.1) is 0 Å². The van der Waals surface area contributed by atoms with E-state index in [9.17, 15) is 14.4 Å². The summed E-state index contributed by atoms with van der Waals surface area (Å²) in [5.41, 5.74) is 1.21. The summed E-state index contributed by atoms with van der Waals surface area (Å²) in [6, 6.07) is 26.2. The number of hydrogen-bond acceptors (Lipinski definition) is 4. The monoisotopic (exact) mass is 459 g/mol. The maximum atomic E-state index is 13.2. The molecular weight excluding hydrogens is 430 g/mol. The topological polar surface area (TPSA) is 87.7 Å². The first kappa shape index (κ1) is 24.5. The molecule has 0 spiro atoms. The molecule has 7 nitrogen and oxygen atoms in total. The highest BCUT2D eigenvalue weighted by molar-refractivity contribution is 6.03. The molecule has 2 N–H and O–H groups in total. The van der Waals surface area contributed by atoms with Gasteiger partial charge in [0.1, 0.15) is 11.6 Å². The van der Waals surface area contributed by atoms with Gasteiger partial charge in [-0.25, -0.2) is 4.79 Å². The Kier molecular flexibility index (Phi) is 8.03.